The number of nitrogens with one attached hydrogen (secondary N) is 1. The van der Waals surface area contributed by atoms with Crippen LogP contribution < -0.4 is 0 Å². The number of hydrogen-bond acceptors (Lipinski definition) is 5. The van der Waals surface area contributed by atoms with Crippen LogP contribution in [0, 0.1) is 0 Å². The van der Waals surface area contributed by atoms with Gasteiger partial charge in [0.1, 0.15) is 11.4 Å². The van der Waals surface area contributed by atoms with Crippen LogP contribution in [0.15, 0.2) is 29.6 Å². The van der Waals surface area contributed by atoms with E-state index in [-0.39, 0.29) is 23.3 Å². The van der Waals surface area contributed by atoms with Gasteiger partial charge < -0.3 is 4.90 Å². The predicted octanol–water partition coefficient (Wildman–Crippen LogP) is 0.416. The SMILES string of the molecule is CS(=O)(=O)c1cn[nH]c1[C@@H]1CCCN(C(=O)Cn2cccn2)C1. The summed E-state index contributed by atoms with van der Waals surface area (Å²) in [6.07, 6.45) is 7.55. The maximum Gasteiger partial charge on any atom is 0.244 e. The standard InChI is InChI=1S/C14H19N5O3S/c1-23(21,22)12-8-15-17-14(12)11-4-2-6-18(9-11)13(20)10-19-7-3-5-16-19/h3,5,7-8,11H,2,4,6,9-10H2,1H3,(H,15,17)/t11-/m1/s1. The molecule has 3 heterocycles. The summed E-state index contributed by atoms with van der Waals surface area (Å²) in [5.74, 6) is -0.0589. The Labute approximate surface area is 134 Å². The van der Waals surface area contributed by atoms with Crippen LogP contribution in [0.1, 0.15) is 24.5 Å². The molecule has 0 radical (unpaired) electrons. The molecule has 1 amide bonds. The van der Waals surface area contributed by atoms with Crippen molar-refractivity contribution in [1.82, 2.24) is 24.9 Å². The molecule has 0 saturated carbocycles. The molecule has 0 aromatic carbocycles. The zero-order valence-electron chi connectivity index (χ0n) is 12.8. The van der Waals surface area contributed by atoms with Gasteiger partial charge in [0.15, 0.2) is 9.84 Å². The number of likely N-dealkylation sites (tertiary alicyclic amines) is 1. The van der Waals surface area contributed by atoms with Crippen LogP contribution in [0.3, 0.4) is 0 Å². The van der Waals surface area contributed by atoms with Crippen molar-refractivity contribution in [2.24, 2.45) is 0 Å². The molecule has 23 heavy (non-hydrogen) atoms. The molecule has 3 rings (SSSR count). The Morgan fingerprint density at radius 1 is 1.48 bits per heavy atom. The van der Waals surface area contributed by atoms with Crippen LogP contribution in [-0.2, 0) is 21.2 Å². The summed E-state index contributed by atoms with van der Waals surface area (Å²) in [7, 11) is -3.33. The third kappa shape index (κ3) is 3.44. The van der Waals surface area contributed by atoms with Crippen LogP contribution in [0.5, 0.6) is 0 Å². The van der Waals surface area contributed by atoms with E-state index in [1.54, 1.807) is 28.0 Å². The minimum atomic E-state index is -3.33. The number of sulfone groups is 1. The van der Waals surface area contributed by atoms with Gasteiger partial charge >= 0.3 is 0 Å². The molecule has 0 bridgehead atoms. The van der Waals surface area contributed by atoms with E-state index < -0.39 is 9.84 Å². The van der Waals surface area contributed by atoms with E-state index in [2.05, 4.69) is 15.3 Å². The topological polar surface area (TPSA) is 101 Å². The smallest absolute Gasteiger partial charge is 0.244 e. The highest BCUT2D eigenvalue weighted by Gasteiger charge is 2.29. The second-order valence-corrected chi connectivity index (χ2v) is 7.79. The monoisotopic (exact) mass is 337 g/mol. The first kappa shape index (κ1) is 15.7. The number of nitrogens with zero attached hydrogens (tertiary/aromatic N) is 4. The molecule has 1 saturated heterocycles. The number of rotatable bonds is 4. The third-order valence-corrected chi connectivity index (χ3v) is 5.19. The molecular formula is C14H19N5O3S. The molecule has 1 fully saturated rings. The first-order valence-corrected chi connectivity index (χ1v) is 9.33. The summed E-state index contributed by atoms with van der Waals surface area (Å²) in [6, 6.07) is 1.77. The van der Waals surface area contributed by atoms with E-state index in [0.717, 1.165) is 12.8 Å². The lowest BCUT2D eigenvalue weighted by Gasteiger charge is -2.32. The van der Waals surface area contributed by atoms with Gasteiger partial charge in [0, 0.05) is 37.7 Å². The second-order valence-electron chi connectivity index (χ2n) is 5.80. The molecule has 124 valence electrons. The van der Waals surface area contributed by atoms with Gasteiger partial charge in [-0.1, -0.05) is 0 Å². The average molecular weight is 337 g/mol. The largest absolute Gasteiger partial charge is 0.340 e. The molecule has 9 heteroatoms. The Balaban J connectivity index is 1.74. The summed E-state index contributed by atoms with van der Waals surface area (Å²) in [6.45, 7) is 1.37. The zero-order valence-corrected chi connectivity index (χ0v) is 13.7. The van der Waals surface area contributed by atoms with Crippen molar-refractivity contribution < 1.29 is 13.2 Å². The van der Waals surface area contributed by atoms with E-state index >= 15 is 0 Å². The van der Waals surface area contributed by atoms with E-state index in [4.69, 9.17) is 0 Å². The maximum absolute atomic E-state index is 12.4. The second kappa shape index (κ2) is 6.15. The molecule has 0 unspecified atom stereocenters. The lowest BCUT2D eigenvalue weighted by atomic mass is 9.95. The lowest BCUT2D eigenvalue weighted by Crippen LogP contribution is -2.41. The highest BCUT2D eigenvalue weighted by Crippen LogP contribution is 2.29. The number of aromatic amines is 1. The number of H-pyrrole nitrogens is 1. The highest BCUT2D eigenvalue weighted by molar-refractivity contribution is 7.90. The van der Waals surface area contributed by atoms with Gasteiger partial charge in [-0.2, -0.15) is 10.2 Å². The Morgan fingerprint density at radius 3 is 3.00 bits per heavy atom. The van der Waals surface area contributed by atoms with Gasteiger partial charge in [0.25, 0.3) is 0 Å². The maximum atomic E-state index is 12.4. The molecule has 0 aliphatic carbocycles. The molecule has 8 nitrogen and oxygen atoms in total. The normalized spacial score (nSPS) is 19.0. The average Bonchev–Trinajstić information content (AvgIpc) is 3.18. The van der Waals surface area contributed by atoms with Crippen molar-refractivity contribution in [1.29, 1.82) is 0 Å². The summed E-state index contributed by atoms with van der Waals surface area (Å²) in [4.78, 5) is 14.4. The fraction of sp³-hybridized carbons (Fsp3) is 0.500. The van der Waals surface area contributed by atoms with E-state index in [9.17, 15) is 13.2 Å². The minimum absolute atomic E-state index is 0.0150. The number of carbonyl (C=O) groups is 1. The molecule has 1 N–H and O–H groups in total. The quantitative estimate of drug-likeness (QED) is 0.871. The molecular weight excluding hydrogens is 318 g/mol. The van der Waals surface area contributed by atoms with Crippen LogP contribution in [0.4, 0.5) is 0 Å². The Bertz CT molecular complexity index is 781. The van der Waals surface area contributed by atoms with Crippen molar-refractivity contribution >= 4 is 15.7 Å². The Hall–Kier alpha value is -2.16. The van der Waals surface area contributed by atoms with Crippen molar-refractivity contribution in [3.63, 3.8) is 0 Å². The Kier molecular flexibility index (Phi) is 4.20. The molecule has 2 aromatic rings. The number of amides is 1. The molecule has 0 spiro atoms. The van der Waals surface area contributed by atoms with Crippen molar-refractivity contribution in [2.75, 3.05) is 19.3 Å². The van der Waals surface area contributed by atoms with Crippen LogP contribution in [0.2, 0.25) is 0 Å². The van der Waals surface area contributed by atoms with Crippen LogP contribution >= 0.6 is 0 Å². The highest BCUT2D eigenvalue weighted by atomic mass is 32.2. The zero-order chi connectivity index (χ0) is 16.4. The summed E-state index contributed by atoms with van der Waals surface area (Å²) < 4.78 is 25.3. The van der Waals surface area contributed by atoms with Crippen LogP contribution in [-0.4, -0.2) is 58.5 Å². The van der Waals surface area contributed by atoms with Crippen molar-refractivity contribution in [3.05, 3.63) is 30.4 Å². The number of aromatic nitrogens is 4. The van der Waals surface area contributed by atoms with Gasteiger partial charge in [-0.15, -0.1) is 0 Å². The van der Waals surface area contributed by atoms with E-state index in [1.165, 1.54) is 12.5 Å². The van der Waals surface area contributed by atoms with Gasteiger partial charge in [-0.3, -0.25) is 14.6 Å². The fourth-order valence-electron chi connectivity index (χ4n) is 2.94. The first-order chi connectivity index (χ1) is 10.9. The van der Waals surface area contributed by atoms with Gasteiger partial charge in [0.2, 0.25) is 5.91 Å². The number of hydrogen-bond donors (Lipinski definition) is 1. The Morgan fingerprint density at radius 2 is 2.30 bits per heavy atom. The summed E-state index contributed by atoms with van der Waals surface area (Å²) in [5.41, 5.74) is 0.601. The first-order valence-electron chi connectivity index (χ1n) is 7.43. The summed E-state index contributed by atoms with van der Waals surface area (Å²) >= 11 is 0. The van der Waals surface area contributed by atoms with E-state index in [1.807, 2.05) is 0 Å². The van der Waals surface area contributed by atoms with Gasteiger partial charge in [-0.05, 0) is 18.9 Å². The lowest BCUT2D eigenvalue weighted by molar-refractivity contribution is -0.133. The van der Waals surface area contributed by atoms with Crippen LogP contribution in [0.25, 0.3) is 0 Å². The molecule has 1 aliphatic heterocycles. The number of piperidine rings is 1. The number of carbonyl (C=O) groups excluding carboxylic acids is 1. The predicted molar refractivity (Wildman–Crippen MR) is 82.5 cm³/mol. The minimum Gasteiger partial charge on any atom is -0.340 e. The van der Waals surface area contributed by atoms with Crippen molar-refractivity contribution in [2.45, 2.75) is 30.2 Å². The van der Waals surface area contributed by atoms with E-state index in [0.29, 0.717) is 18.8 Å². The van der Waals surface area contributed by atoms with Gasteiger partial charge in [0.05, 0.1) is 11.9 Å². The third-order valence-electron chi connectivity index (χ3n) is 4.07. The van der Waals surface area contributed by atoms with Crippen molar-refractivity contribution in [3.8, 4) is 0 Å². The molecule has 2 aromatic heterocycles. The molecule has 1 atom stereocenters. The van der Waals surface area contributed by atoms with Gasteiger partial charge in [-0.25, -0.2) is 8.42 Å². The summed E-state index contributed by atoms with van der Waals surface area (Å²) in [5, 5.41) is 10.7. The fourth-order valence-corrected chi connectivity index (χ4v) is 3.80. The molecule has 1 aliphatic rings.